The highest BCUT2D eigenvalue weighted by molar-refractivity contribution is 6.74. The molecular formula is C39H56O8Si2-. The van der Waals surface area contributed by atoms with Gasteiger partial charge in [0.15, 0.2) is 20.9 Å². The van der Waals surface area contributed by atoms with Gasteiger partial charge in [-0.25, -0.2) is 0 Å². The maximum absolute atomic E-state index is 14.7. The number of benzene rings is 3. The van der Waals surface area contributed by atoms with E-state index >= 15 is 0 Å². The van der Waals surface area contributed by atoms with Crippen LogP contribution in [0.15, 0.2) is 48.5 Å². The number of fused-ring (bicyclic) bond motifs is 1. The Balaban J connectivity index is 1.66. The molecule has 0 amide bonds. The van der Waals surface area contributed by atoms with Crippen molar-refractivity contribution in [1.82, 2.24) is 0 Å². The summed E-state index contributed by atoms with van der Waals surface area (Å²) in [7, 11) is -4.43. The zero-order valence-corrected chi connectivity index (χ0v) is 33.8. The number of rotatable bonds is 13. The van der Waals surface area contributed by atoms with E-state index in [1.54, 1.807) is 6.07 Å². The van der Waals surface area contributed by atoms with Crippen molar-refractivity contribution in [3.8, 4) is 28.4 Å². The van der Waals surface area contributed by atoms with Crippen LogP contribution in [0, 0.1) is 20.8 Å². The Morgan fingerprint density at radius 1 is 0.898 bits per heavy atom. The van der Waals surface area contributed by atoms with E-state index in [9.17, 15) is 4.79 Å². The smallest absolute Gasteiger partial charge is 0.215 e. The summed E-state index contributed by atoms with van der Waals surface area (Å²) in [4.78, 5) is 24.6. The average Bonchev–Trinajstić information content (AvgIpc) is 3.28. The van der Waals surface area contributed by atoms with Crippen LogP contribution in [0.2, 0.25) is 36.3 Å². The van der Waals surface area contributed by atoms with Crippen LogP contribution >= 0.6 is 0 Å². The number of aryl methyl sites for hydroxylation is 2. The molecule has 1 aliphatic rings. The summed E-state index contributed by atoms with van der Waals surface area (Å²) < 4.78 is 26.3. The Bertz CT molecular complexity index is 1640. The van der Waals surface area contributed by atoms with Gasteiger partial charge in [-0.1, -0.05) is 65.8 Å². The molecule has 0 saturated heterocycles. The van der Waals surface area contributed by atoms with Crippen molar-refractivity contribution in [2.24, 2.45) is 0 Å². The lowest BCUT2D eigenvalue weighted by molar-refractivity contribution is -0.253. The lowest BCUT2D eigenvalue weighted by Crippen LogP contribution is -2.56. The van der Waals surface area contributed by atoms with E-state index in [-0.39, 0.29) is 29.1 Å². The second-order valence-electron chi connectivity index (χ2n) is 16.3. The van der Waals surface area contributed by atoms with Crippen LogP contribution in [0.1, 0.15) is 74.2 Å². The monoisotopic (exact) mass is 708 g/mol. The molecule has 0 radical (unpaired) electrons. The van der Waals surface area contributed by atoms with Crippen molar-refractivity contribution in [3.05, 3.63) is 76.3 Å². The summed E-state index contributed by atoms with van der Waals surface area (Å²) in [5.74, 6) is 1.58. The number of Topliss-reactive ketones (excluding diaryl/α,β-unsaturated/α-hetero) is 1. The molecule has 0 aromatic heterocycles. The molecule has 0 bridgehead atoms. The second-order valence-corrected chi connectivity index (χ2v) is 26.0. The minimum atomic E-state index is -2.21. The number of ketones is 1. The predicted molar refractivity (Wildman–Crippen MR) is 200 cm³/mol. The van der Waals surface area contributed by atoms with E-state index in [1.165, 1.54) is 0 Å². The SMILES string of the molecule is Cc1ccc(OCc2cccc(-c3c(C)cc4c(c3C)C(=O)C(CO[Si](C)(C)C(C)(C)C)(CO[Si-](C)(C)C(C)(C)C)O4)c2)cc1OOCO. The lowest BCUT2D eigenvalue weighted by Gasteiger charge is -2.50. The predicted octanol–water partition coefficient (Wildman–Crippen LogP) is 9.48. The second kappa shape index (κ2) is 14.3. The fourth-order valence-electron chi connectivity index (χ4n) is 5.33. The summed E-state index contributed by atoms with van der Waals surface area (Å²) in [6.45, 7) is 28.0. The first-order valence-electron chi connectivity index (χ1n) is 17.0. The average molecular weight is 709 g/mol. The van der Waals surface area contributed by atoms with E-state index in [4.69, 9.17) is 33.2 Å². The van der Waals surface area contributed by atoms with E-state index in [0.29, 0.717) is 29.4 Å². The molecular weight excluding hydrogens is 653 g/mol. The van der Waals surface area contributed by atoms with E-state index in [1.807, 2.05) is 44.2 Å². The van der Waals surface area contributed by atoms with Gasteiger partial charge in [-0.05, 0) is 98.8 Å². The lowest BCUT2D eigenvalue weighted by atomic mass is 9.87. The third-order valence-electron chi connectivity index (χ3n) is 10.6. The van der Waals surface area contributed by atoms with Gasteiger partial charge in [0.2, 0.25) is 11.4 Å². The first kappa shape index (κ1) is 38.8. The van der Waals surface area contributed by atoms with E-state index < -0.39 is 29.0 Å². The Hall–Kier alpha value is -3.00. The Morgan fingerprint density at radius 2 is 1.59 bits per heavy atom. The van der Waals surface area contributed by atoms with Gasteiger partial charge in [-0.2, -0.15) is 4.89 Å². The highest BCUT2D eigenvalue weighted by Gasteiger charge is 2.52. The van der Waals surface area contributed by atoms with Crippen molar-refractivity contribution in [2.45, 2.75) is 111 Å². The molecule has 0 atom stereocenters. The minimum Gasteiger partial charge on any atom is -0.561 e. The van der Waals surface area contributed by atoms with Gasteiger partial charge in [-0.15, -0.1) is 18.1 Å². The molecule has 49 heavy (non-hydrogen) atoms. The zero-order chi connectivity index (χ0) is 36.6. The molecule has 0 fully saturated rings. The summed E-state index contributed by atoms with van der Waals surface area (Å²) in [6, 6.07) is 15.6. The molecule has 0 unspecified atom stereocenters. The molecule has 1 aliphatic heterocycles. The third kappa shape index (κ3) is 8.32. The van der Waals surface area contributed by atoms with Crippen LogP contribution in [0.5, 0.6) is 17.2 Å². The Kier molecular flexibility index (Phi) is 11.3. The number of hydrogen-bond acceptors (Lipinski definition) is 8. The van der Waals surface area contributed by atoms with Crippen molar-refractivity contribution in [1.29, 1.82) is 0 Å². The van der Waals surface area contributed by atoms with Gasteiger partial charge >= 0.3 is 0 Å². The molecule has 269 valence electrons. The molecule has 3 aromatic carbocycles. The summed E-state index contributed by atoms with van der Waals surface area (Å²) >= 11 is 0. The molecule has 1 N–H and O–H groups in total. The zero-order valence-electron chi connectivity index (χ0n) is 31.8. The van der Waals surface area contributed by atoms with Crippen LogP contribution in [-0.2, 0) is 20.3 Å². The Labute approximate surface area is 295 Å². The standard InChI is InChI=1S/C39H56O8Si2/c1-26-17-18-31(21-32(26)47-43-25-40)42-22-29-15-14-16-30(20-29)34-27(2)19-33-35(28(34)3)36(41)39(46-33,23-44-48(10,11)37(4,5)6)24-45-49(12,13)38(7,8)9/h14-21,40H,22-25H2,1-13H3/q-1. The minimum absolute atomic E-state index is 0.0266. The Morgan fingerprint density at radius 3 is 2.22 bits per heavy atom. The van der Waals surface area contributed by atoms with Gasteiger partial charge in [0, 0.05) is 6.07 Å². The molecule has 8 nitrogen and oxygen atoms in total. The van der Waals surface area contributed by atoms with Crippen LogP contribution in [0.4, 0.5) is 0 Å². The quantitative estimate of drug-likeness (QED) is 0.0813. The van der Waals surface area contributed by atoms with Gasteiger partial charge < -0.3 is 28.3 Å². The van der Waals surface area contributed by atoms with Crippen molar-refractivity contribution in [2.75, 3.05) is 20.0 Å². The summed E-state index contributed by atoms with van der Waals surface area (Å²) in [5.41, 5.74) is 5.02. The highest BCUT2D eigenvalue weighted by Crippen LogP contribution is 2.46. The fourth-order valence-corrected chi connectivity index (χ4v) is 7.38. The number of aliphatic hydroxyl groups is 1. The fraction of sp³-hybridized carbons (Fsp3) is 0.513. The van der Waals surface area contributed by atoms with Gasteiger partial charge in [0.1, 0.15) is 18.1 Å². The first-order valence-corrected chi connectivity index (χ1v) is 22.8. The van der Waals surface area contributed by atoms with Gasteiger partial charge in [0.25, 0.3) is 0 Å². The van der Waals surface area contributed by atoms with Gasteiger partial charge in [0.05, 0.1) is 18.8 Å². The van der Waals surface area contributed by atoms with Crippen LogP contribution in [0.3, 0.4) is 0 Å². The molecule has 3 aromatic rings. The molecule has 10 heteroatoms. The van der Waals surface area contributed by atoms with Crippen LogP contribution < -0.4 is 14.4 Å². The number of ether oxygens (including phenoxy) is 2. The maximum Gasteiger partial charge on any atom is 0.215 e. The first-order chi connectivity index (χ1) is 22.6. The normalized spacial score (nSPS) is 16.8. The molecule has 4 rings (SSSR count). The number of hydrogen-bond donors (Lipinski definition) is 1. The molecule has 0 aliphatic carbocycles. The summed E-state index contributed by atoms with van der Waals surface area (Å²) in [5, 5.41) is 8.88. The summed E-state index contributed by atoms with van der Waals surface area (Å²) in [6.07, 6.45) is 0. The van der Waals surface area contributed by atoms with Crippen LogP contribution in [-0.4, -0.2) is 53.1 Å². The van der Waals surface area contributed by atoms with E-state index in [2.05, 4.69) is 86.8 Å². The topological polar surface area (TPSA) is 92.7 Å². The van der Waals surface area contributed by atoms with Crippen LogP contribution in [0.25, 0.3) is 11.1 Å². The maximum atomic E-state index is 14.7. The van der Waals surface area contributed by atoms with E-state index in [0.717, 1.165) is 33.4 Å². The highest BCUT2D eigenvalue weighted by atomic mass is 28.4. The molecule has 1 heterocycles. The van der Waals surface area contributed by atoms with Crippen molar-refractivity contribution in [3.63, 3.8) is 0 Å². The van der Waals surface area contributed by atoms with Crippen molar-refractivity contribution < 1.29 is 38.0 Å². The van der Waals surface area contributed by atoms with Gasteiger partial charge in [-0.3, -0.25) is 4.79 Å². The number of carbonyl (C=O) groups excluding carboxylic acids is 1. The van der Waals surface area contributed by atoms with Crippen molar-refractivity contribution >= 4 is 22.4 Å². The third-order valence-corrected chi connectivity index (χ3v) is 19.6. The largest absolute Gasteiger partial charge is 0.561 e. The number of carbonyl (C=O) groups is 1. The number of aliphatic hydroxyl groups excluding tert-OH is 1. The molecule has 0 saturated carbocycles. The molecule has 0 spiro atoms.